The first-order chi connectivity index (χ1) is 15.7. The summed E-state index contributed by atoms with van der Waals surface area (Å²) in [7, 11) is -1.14. The van der Waals surface area contributed by atoms with Gasteiger partial charge in [0.25, 0.3) is 15.7 Å². The van der Waals surface area contributed by atoms with Crippen LogP contribution in [-0.2, 0) is 10.0 Å². The Hall–Kier alpha value is -4.12. The Labute approximate surface area is 191 Å². The van der Waals surface area contributed by atoms with Crippen molar-refractivity contribution in [2.45, 2.75) is 11.8 Å². The first-order valence-electron chi connectivity index (χ1n) is 9.64. The zero-order chi connectivity index (χ0) is 24.0. The first-order valence-corrected chi connectivity index (χ1v) is 11.1. The maximum Gasteiger partial charge on any atom is 0.295 e. The summed E-state index contributed by atoms with van der Waals surface area (Å²) in [5, 5.41) is 15.8. The van der Waals surface area contributed by atoms with Gasteiger partial charge >= 0.3 is 0 Å². The normalized spacial score (nSPS) is 11.5. The van der Waals surface area contributed by atoms with Crippen LogP contribution >= 0.6 is 0 Å². The summed E-state index contributed by atoms with van der Waals surface area (Å²) in [6, 6.07) is 17.1. The van der Waals surface area contributed by atoms with Gasteiger partial charge in [-0.15, -0.1) is 0 Å². The van der Waals surface area contributed by atoms with Crippen LogP contribution in [0.2, 0.25) is 0 Å². The van der Waals surface area contributed by atoms with Crippen LogP contribution in [0.4, 0.5) is 17.1 Å². The van der Waals surface area contributed by atoms with Crippen molar-refractivity contribution in [1.29, 1.82) is 0 Å². The summed E-state index contributed by atoms with van der Waals surface area (Å²) < 4.78 is 38.3. The summed E-state index contributed by atoms with van der Waals surface area (Å²) in [4.78, 5) is 10.7. The summed E-state index contributed by atoms with van der Waals surface area (Å²) in [6.07, 6.45) is 0. The third-order valence-electron chi connectivity index (χ3n) is 4.68. The van der Waals surface area contributed by atoms with Crippen molar-refractivity contribution < 1.29 is 22.8 Å². The van der Waals surface area contributed by atoms with Gasteiger partial charge in [-0.05, 0) is 61.0 Å². The highest BCUT2D eigenvalue weighted by Crippen LogP contribution is 2.30. The standard InChI is InChI=1S/C22H22N4O6S/c1-15(16-8-10-17(31-2)11-9-16)23-24-19-13-12-18(14-21(19)26(27)28)33(29,30)25-20-6-4-5-7-22(20)32-3/h4-14,24-25H,1-3H3/b23-15+. The van der Waals surface area contributed by atoms with Gasteiger partial charge in [0.05, 0.1) is 35.4 Å². The van der Waals surface area contributed by atoms with E-state index in [1.807, 2.05) is 0 Å². The lowest BCUT2D eigenvalue weighted by Gasteiger charge is -2.12. The van der Waals surface area contributed by atoms with E-state index < -0.39 is 20.6 Å². The van der Waals surface area contributed by atoms with Crippen LogP contribution in [0.25, 0.3) is 0 Å². The molecule has 0 unspecified atom stereocenters. The van der Waals surface area contributed by atoms with E-state index in [1.165, 1.54) is 25.3 Å². The van der Waals surface area contributed by atoms with E-state index in [0.29, 0.717) is 17.2 Å². The smallest absolute Gasteiger partial charge is 0.295 e. The molecule has 0 saturated carbocycles. The van der Waals surface area contributed by atoms with Crippen LogP contribution in [0.5, 0.6) is 11.5 Å². The van der Waals surface area contributed by atoms with Crippen molar-refractivity contribution >= 4 is 32.8 Å². The predicted octanol–water partition coefficient (Wildman–Crippen LogP) is 4.25. The quantitative estimate of drug-likeness (QED) is 0.271. The molecule has 0 bridgehead atoms. The number of nitrogens with zero attached hydrogens (tertiary/aromatic N) is 2. The molecule has 11 heteroatoms. The van der Waals surface area contributed by atoms with Gasteiger partial charge in [0.2, 0.25) is 0 Å². The van der Waals surface area contributed by atoms with Crippen molar-refractivity contribution in [3.8, 4) is 11.5 Å². The van der Waals surface area contributed by atoms with Gasteiger partial charge in [0.1, 0.15) is 17.2 Å². The Morgan fingerprint density at radius 1 is 0.970 bits per heavy atom. The van der Waals surface area contributed by atoms with E-state index in [4.69, 9.17) is 9.47 Å². The number of nitrogens with one attached hydrogen (secondary N) is 2. The van der Waals surface area contributed by atoms with Crippen molar-refractivity contribution in [3.63, 3.8) is 0 Å². The van der Waals surface area contributed by atoms with Gasteiger partial charge in [-0.2, -0.15) is 5.10 Å². The van der Waals surface area contributed by atoms with E-state index in [1.54, 1.807) is 56.5 Å². The van der Waals surface area contributed by atoms with E-state index >= 15 is 0 Å². The van der Waals surface area contributed by atoms with Crippen LogP contribution in [0, 0.1) is 10.1 Å². The van der Waals surface area contributed by atoms with Gasteiger partial charge in [-0.3, -0.25) is 20.3 Å². The molecule has 0 fully saturated rings. The van der Waals surface area contributed by atoms with Crippen LogP contribution < -0.4 is 19.6 Å². The van der Waals surface area contributed by atoms with Crippen molar-refractivity contribution in [2.75, 3.05) is 24.4 Å². The van der Waals surface area contributed by atoms with Gasteiger partial charge < -0.3 is 9.47 Å². The van der Waals surface area contributed by atoms with E-state index in [2.05, 4.69) is 15.2 Å². The molecule has 3 aromatic rings. The molecule has 10 nitrogen and oxygen atoms in total. The molecule has 0 aliphatic heterocycles. The van der Waals surface area contributed by atoms with Gasteiger partial charge in [-0.1, -0.05) is 12.1 Å². The van der Waals surface area contributed by atoms with E-state index in [-0.39, 0.29) is 16.3 Å². The summed E-state index contributed by atoms with van der Waals surface area (Å²) in [6.45, 7) is 1.73. The van der Waals surface area contributed by atoms with Gasteiger partial charge in [-0.25, -0.2) is 8.42 Å². The zero-order valence-electron chi connectivity index (χ0n) is 18.1. The van der Waals surface area contributed by atoms with Crippen molar-refractivity contribution in [2.24, 2.45) is 5.10 Å². The fourth-order valence-electron chi connectivity index (χ4n) is 2.90. The topological polar surface area (TPSA) is 132 Å². The molecule has 2 N–H and O–H groups in total. The highest BCUT2D eigenvalue weighted by molar-refractivity contribution is 7.92. The number of benzene rings is 3. The highest BCUT2D eigenvalue weighted by atomic mass is 32.2. The Morgan fingerprint density at radius 3 is 2.30 bits per heavy atom. The number of para-hydroxylation sites is 2. The second-order valence-electron chi connectivity index (χ2n) is 6.78. The maximum absolute atomic E-state index is 12.8. The molecule has 0 atom stereocenters. The Bertz CT molecular complexity index is 1290. The van der Waals surface area contributed by atoms with E-state index in [9.17, 15) is 18.5 Å². The largest absolute Gasteiger partial charge is 0.497 e. The first kappa shape index (κ1) is 23.5. The lowest BCUT2D eigenvalue weighted by molar-refractivity contribution is -0.384. The Morgan fingerprint density at radius 2 is 1.67 bits per heavy atom. The number of ether oxygens (including phenoxy) is 2. The number of nitro benzene ring substituents is 1. The van der Waals surface area contributed by atoms with Crippen LogP contribution in [0.15, 0.2) is 76.7 Å². The molecule has 33 heavy (non-hydrogen) atoms. The molecule has 0 spiro atoms. The molecular formula is C22H22N4O6S. The number of nitro groups is 1. The number of hydrogen-bond donors (Lipinski definition) is 2. The summed E-state index contributed by atoms with van der Waals surface area (Å²) >= 11 is 0. The summed E-state index contributed by atoms with van der Waals surface area (Å²) in [5.74, 6) is 1.01. The Balaban J connectivity index is 1.87. The van der Waals surface area contributed by atoms with E-state index in [0.717, 1.165) is 11.6 Å². The number of anilines is 2. The molecule has 0 aliphatic carbocycles. The molecule has 172 valence electrons. The minimum atomic E-state index is -4.11. The monoisotopic (exact) mass is 470 g/mol. The second kappa shape index (κ2) is 10.0. The fraction of sp³-hybridized carbons (Fsp3) is 0.136. The predicted molar refractivity (Wildman–Crippen MR) is 126 cm³/mol. The molecular weight excluding hydrogens is 448 g/mol. The molecule has 0 aliphatic rings. The fourth-order valence-corrected chi connectivity index (χ4v) is 3.99. The molecule has 3 rings (SSSR count). The maximum atomic E-state index is 12.8. The third kappa shape index (κ3) is 5.57. The Kier molecular flexibility index (Phi) is 7.13. The third-order valence-corrected chi connectivity index (χ3v) is 6.04. The van der Waals surface area contributed by atoms with Gasteiger partial charge in [0.15, 0.2) is 0 Å². The lowest BCUT2D eigenvalue weighted by Crippen LogP contribution is -2.14. The number of methoxy groups -OCH3 is 2. The zero-order valence-corrected chi connectivity index (χ0v) is 18.9. The van der Waals surface area contributed by atoms with Gasteiger partial charge in [0, 0.05) is 6.07 Å². The average molecular weight is 471 g/mol. The molecule has 0 heterocycles. The molecule has 3 aromatic carbocycles. The second-order valence-corrected chi connectivity index (χ2v) is 8.46. The number of hydrogen-bond acceptors (Lipinski definition) is 8. The van der Waals surface area contributed by atoms with Crippen LogP contribution in [0.3, 0.4) is 0 Å². The minimum Gasteiger partial charge on any atom is -0.497 e. The number of rotatable bonds is 9. The molecule has 0 saturated heterocycles. The van der Waals surface area contributed by atoms with Crippen LogP contribution in [0.1, 0.15) is 12.5 Å². The molecule has 0 amide bonds. The SMILES string of the molecule is COc1ccc(/C(C)=N/Nc2ccc(S(=O)(=O)Nc3ccccc3OC)cc2[N+](=O)[O-])cc1. The molecule has 0 radical (unpaired) electrons. The minimum absolute atomic E-state index is 0.0455. The summed E-state index contributed by atoms with van der Waals surface area (Å²) in [5.41, 5.74) is 3.82. The van der Waals surface area contributed by atoms with Crippen molar-refractivity contribution in [3.05, 3.63) is 82.4 Å². The number of sulfonamides is 1. The average Bonchev–Trinajstić information content (AvgIpc) is 2.82. The highest BCUT2D eigenvalue weighted by Gasteiger charge is 2.22. The van der Waals surface area contributed by atoms with Crippen LogP contribution in [-0.4, -0.2) is 33.3 Å². The van der Waals surface area contributed by atoms with Crippen molar-refractivity contribution in [1.82, 2.24) is 0 Å². The lowest BCUT2D eigenvalue weighted by atomic mass is 10.1. The number of hydrazone groups is 1. The molecule has 0 aromatic heterocycles.